The maximum atomic E-state index is 13.5. The van der Waals surface area contributed by atoms with E-state index >= 15 is 0 Å². The normalized spacial score (nSPS) is 30.5. The second-order valence-electron chi connectivity index (χ2n) is 11.5. The average molecular weight is 535 g/mol. The minimum absolute atomic E-state index is 0.0997. The van der Waals surface area contributed by atoms with Crippen LogP contribution in [-0.2, 0) is 0 Å². The van der Waals surface area contributed by atoms with Crippen molar-refractivity contribution in [2.45, 2.75) is 122 Å². The maximum Gasteiger partial charge on any atom is 0.387 e. The Morgan fingerprint density at radius 1 is 0.757 bits per heavy atom. The highest BCUT2D eigenvalue weighted by molar-refractivity contribution is 5.33. The summed E-state index contributed by atoms with van der Waals surface area (Å²) >= 11 is 0. The zero-order valence-corrected chi connectivity index (χ0v) is 22.2. The Morgan fingerprint density at radius 2 is 1.24 bits per heavy atom. The van der Waals surface area contributed by atoms with Crippen molar-refractivity contribution in [3.63, 3.8) is 0 Å². The number of hydrogen-bond donors (Lipinski definition) is 0. The third-order valence-electron chi connectivity index (χ3n) is 9.02. The van der Waals surface area contributed by atoms with Crippen molar-refractivity contribution in [1.82, 2.24) is 0 Å². The lowest BCUT2D eigenvalue weighted by atomic mass is 9.68. The standard InChI is InChI=1S/C17H31F.C13H13F5O/c1-2-3-14-4-8-16(9-5-14)17-10-6-15(7-11-17)12-13-18;14-9-3-1-7(2-4-9)8-5-10(15)12(11(16)6-8)19-13(17)18/h14-17H,2-13H2,1H3;5-7,9,13H,1-4H2. The summed E-state index contributed by atoms with van der Waals surface area (Å²) in [6.07, 6.45) is 15.8. The van der Waals surface area contributed by atoms with Gasteiger partial charge in [0.05, 0.1) is 6.67 Å². The van der Waals surface area contributed by atoms with Gasteiger partial charge in [-0.1, -0.05) is 45.4 Å². The lowest BCUT2D eigenvalue weighted by Crippen LogP contribution is -2.26. The van der Waals surface area contributed by atoms with E-state index < -0.39 is 30.2 Å². The molecule has 0 N–H and O–H groups in total. The molecule has 37 heavy (non-hydrogen) atoms. The summed E-state index contributed by atoms with van der Waals surface area (Å²) in [4.78, 5) is 0. The quantitative estimate of drug-likeness (QED) is 0.302. The average Bonchev–Trinajstić information content (AvgIpc) is 2.88. The third kappa shape index (κ3) is 9.38. The Morgan fingerprint density at radius 3 is 1.68 bits per heavy atom. The van der Waals surface area contributed by atoms with Crippen LogP contribution in [0.25, 0.3) is 0 Å². The highest BCUT2D eigenvalue weighted by atomic mass is 19.3. The van der Waals surface area contributed by atoms with Crippen molar-refractivity contribution < 1.29 is 31.1 Å². The number of alkyl halides is 4. The van der Waals surface area contributed by atoms with Gasteiger partial charge in [0.2, 0.25) is 0 Å². The second-order valence-corrected chi connectivity index (χ2v) is 11.5. The molecule has 1 aromatic rings. The molecule has 0 radical (unpaired) electrons. The molecular formula is C30H44F6O. The summed E-state index contributed by atoms with van der Waals surface area (Å²) in [6, 6.07) is 1.98. The van der Waals surface area contributed by atoms with E-state index in [-0.39, 0.29) is 12.6 Å². The molecule has 0 spiro atoms. The topological polar surface area (TPSA) is 9.23 Å². The fraction of sp³-hybridized carbons (Fsp3) is 0.800. The van der Waals surface area contributed by atoms with Crippen molar-refractivity contribution in [3.05, 3.63) is 29.3 Å². The van der Waals surface area contributed by atoms with Crippen LogP contribution in [0.2, 0.25) is 0 Å². The molecule has 0 atom stereocenters. The zero-order chi connectivity index (χ0) is 26.8. The molecule has 4 rings (SSSR count). The monoisotopic (exact) mass is 534 g/mol. The first-order chi connectivity index (χ1) is 17.8. The fourth-order valence-corrected chi connectivity index (χ4v) is 6.86. The molecule has 7 heteroatoms. The third-order valence-corrected chi connectivity index (χ3v) is 9.02. The summed E-state index contributed by atoms with van der Waals surface area (Å²) in [5.41, 5.74) is 0.364. The molecule has 0 saturated heterocycles. The van der Waals surface area contributed by atoms with Gasteiger partial charge in [-0.3, -0.25) is 4.39 Å². The molecule has 3 aliphatic carbocycles. The van der Waals surface area contributed by atoms with Crippen LogP contribution >= 0.6 is 0 Å². The molecule has 3 saturated carbocycles. The molecule has 3 fully saturated rings. The van der Waals surface area contributed by atoms with Gasteiger partial charge in [0.15, 0.2) is 17.4 Å². The summed E-state index contributed by atoms with van der Waals surface area (Å²) in [6.45, 7) is -1.06. The second kappa shape index (κ2) is 15.3. The van der Waals surface area contributed by atoms with E-state index in [1.807, 2.05) is 0 Å². The van der Waals surface area contributed by atoms with Gasteiger partial charge in [-0.25, -0.2) is 13.2 Å². The minimum atomic E-state index is -3.28. The lowest BCUT2D eigenvalue weighted by molar-refractivity contribution is -0.0546. The summed E-state index contributed by atoms with van der Waals surface area (Å²) in [7, 11) is 0. The first-order valence-corrected chi connectivity index (χ1v) is 14.4. The Kier molecular flexibility index (Phi) is 12.4. The highest BCUT2D eigenvalue weighted by Crippen LogP contribution is 2.43. The van der Waals surface area contributed by atoms with Gasteiger partial charge < -0.3 is 4.74 Å². The molecule has 0 heterocycles. The van der Waals surface area contributed by atoms with E-state index in [1.54, 1.807) is 0 Å². The molecule has 0 aromatic heterocycles. The van der Waals surface area contributed by atoms with Gasteiger partial charge in [0.1, 0.15) is 6.17 Å². The van der Waals surface area contributed by atoms with Crippen molar-refractivity contribution in [3.8, 4) is 5.75 Å². The van der Waals surface area contributed by atoms with E-state index in [9.17, 15) is 26.3 Å². The molecule has 1 nitrogen and oxygen atoms in total. The van der Waals surface area contributed by atoms with Crippen LogP contribution in [0.3, 0.4) is 0 Å². The predicted molar refractivity (Wildman–Crippen MR) is 135 cm³/mol. The molecule has 0 amide bonds. The zero-order valence-electron chi connectivity index (χ0n) is 22.2. The smallest absolute Gasteiger partial charge is 0.387 e. The molecule has 0 bridgehead atoms. The number of hydrogen-bond acceptors (Lipinski definition) is 1. The van der Waals surface area contributed by atoms with Gasteiger partial charge in [0.25, 0.3) is 0 Å². The number of halogens is 6. The van der Waals surface area contributed by atoms with E-state index in [0.717, 1.165) is 36.3 Å². The molecular weight excluding hydrogens is 490 g/mol. The van der Waals surface area contributed by atoms with Crippen molar-refractivity contribution in [1.29, 1.82) is 0 Å². The van der Waals surface area contributed by atoms with Crippen molar-refractivity contribution in [2.75, 3.05) is 6.67 Å². The Hall–Kier alpha value is -1.40. The van der Waals surface area contributed by atoms with E-state index in [4.69, 9.17) is 0 Å². The molecule has 212 valence electrons. The van der Waals surface area contributed by atoms with E-state index in [0.29, 0.717) is 37.2 Å². The first kappa shape index (κ1) is 30.1. The van der Waals surface area contributed by atoms with E-state index in [1.165, 1.54) is 64.2 Å². The van der Waals surface area contributed by atoms with Crippen LogP contribution in [0.15, 0.2) is 12.1 Å². The van der Waals surface area contributed by atoms with Crippen molar-refractivity contribution in [2.24, 2.45) is 23.7 Å². The number of rotatable bonds is 8. The lowest BCUT2D eigenvalue weighted by Gasteiger charge is -2.37. The van der Waals surface area contributed by atoms with Gasteiger partial charge in [-0.05, 0) is 105 Å². The van der Waals surface area contributed by atoms with Crippen molar-refractivity contribution >= 4 is 0 Å². The fourth-order valence-electron chi connectivity index (χ4n) is 6.86. The van der Waals surface area contributed by atoms with Crippen LogP contribution in [-0.4, -0.2) is 19.5 Å². The van der Waals surface area contributed by atoms with Gasteiger partial charge in [-0.2, -0.15) is 8.78 Å². The van der Waals surface area contributed by atoms with Crippen LogP contribution in [0.4, 0.5) is 26.3 Å². The summed E-state index contributed by atoms with van der Waals surface area (Å²) in [5, 5.41) is 0. The van der Waals surface area contributed by atoms with Crippen LogP contribution < -0.4 is 4.74 Å². The van der Waals surface area contributed by atoms with E-state index in [2.05, 4.69) is 11.7 Å². The van der Waals surface area contributed by atoms with Gasteiger partial charge >= 0.3 is 6.61 Å². The summed E-state index contributed by atoms with van der Waals surface area (Å²) in [5.74, 6) is 0.231. The van der Waals surface area contributed by atoms with Gasteiger partial charge in [-0.15, -0.1) is 0 Å². The minimum Gasteiger partial charge on any atom is -0.429 e. The number of benzene rings is 1. The molecule has 3 aliphatic rings. The number of ether oxygens (including phenoxy) is 1. The highest BCUT2D eigenvalue weighted by Gasteiger charge is 2.30. The molecule has 0 aliphatic heterocycles. The predicted octanol–water partition coefficient (Wildman–Crippen LogP) is 10.3. The Labute approximate surface area is 218 Å². The Balaban J connectivity index is 0.000000206. The molecule has 0 unspecified atom stereocenters. The van der Waals surface area contributed by atoms with Crippen LogP contribution in [0, 0.1) is 35.3 Å². The first-order valence-electron chi connectivity index (χ1n) is 14.4. The summed E-state index contributed by atoms with van der Waals surface area (Å²) < 4.78 is 80.1. The SMILES string of the molecule is CCCC1CCC(C2CCC(CCF)CC2)CC1.Fc1cc(C2CCC(F)CC2)cc(F)c1OC(F)F. The largest absolute Gasteiger partial charge is 0.429 e. The van der Waals surface area contributed by atoms with Crippen LogP contribution in [0.5, 0.6) is 5.75 Å². The van der Waals surface area contributed by atoms with Crippen LogP contribution in [0.1, 0.15) is 115 Å². The van der Waals surface area contributed by atoms with Gasteiger partial charge in [0, 0.05) is 0 Å². The Bertz CT molecular complexity index is 731. The molecule has 1 aromatic carbocycles. The maximum absolute atomic E-state index is 13.5.